The molecule has 8 heteroatoms. The number of nitrogens with zero attached hydrogens (tertiary/aromatic N) is 3. The first-order valence-electron chi connectivity index (χ1n) is 7.45. The molecule has 0 radical (unpaired) electrons. The molecule has 0 unspecified atom stereocenters. The molecule has 0 atom stereocenters. The van der Waals surface area contributed by atoms with E-state index in [4.69, 9.17) is 16.3 Å². The number of methoxy groups -OCH3 is 1. The zero-order chi connectivity index (χ0) is 18.0. The van der Waals surface area contributed by atoms with Gasteiger partial charge in [-0.2, -0.15) is 0 Å². The molecule has 0 bridgehead atoms. The van der Waals surface area contributed by atoms with Crippen molar-refractivity contribution in [3.05, 3.63) is 62.7 Å². The van der Waals surface area contributed by atoms with E-state index in [1.54, 1.807) is 35.4 Å². The van der Waals surface area contributed by atoms with E-state index in [9.17, 15) is 14.9 Å². The Morgan fingerprint density at radius 2 is 2.12 bits per heavy atom. The van der Waals surface area contributed by atoms with Gasteiger partial charge in [0.15, 0.2) is 0 Å². The largest absolute Gasteiger partial charge is 0.495 e. The van der Waals surface area contributed by atoms with Crippen molar-refractivity contribution in [1.82, 2.24) is 0 Å². The molecule has 0 aliphatic carbocycles. The lowest BCUT2D eigenvalue weighted by Crippen LogP contribution is -2.33. The lowest BCUT2D eigenvalue weighted by Gasteiger charge is -2.22. The first-order valence-corrected chi connectivity index (χ1v) is 7.82. The third-order valence-corrected chi connectivity index (χ3v) is 4.14. The Labute approximate surface area is 148 Å². The number of carbonyl (C=O) groups is 1. The van der Waals surface area contributed by atoms with E-state index in [1.165, 1.54) is 19.2 Å². The minimum absolute atomic E-state index is 0.0491. The van der Waals surface area contributed by atoms with Crippen molar-refractivity contribution in [2.45, 2.75) is 0 Å². The predicted octanol–water partition coefficient (Wildman–Crippen LogP) is 3.34. The Bertz CT molecular complexity index is 882. The highest BCUT2D eigenvalue weighted by Crippen LogP contribution is 2.29. The Balaban J connectivity index is 2.00. The molecule has 7 nitrogen and oxygen atoms in total. The number of non-ortho nitro benzene ring substituents is 1. The highest BCUT2D eigenvalue weighted by Gasteiger charge is 2.23. The number of ether oxygens (including phenoxy) is 1. The van der Waals surface area contributed by atoms with Crippen LogP contribution >= 0.6 is 11.6 Å². The van der Waals surface area contributed by atoms with E-state index in [0.29, 0.717) is 40.7 Å². The van der Waals surface area contributed by atoms with Gasteiger partial charge in [0.25, 0.3) is 11.6 Å². The summed E-state index contributed by atoms with van der Waals surface area (Å²) in [6, 6.07) is 9.14. The smallest absolute Gasteiger partial charge is 0.270 e. The molecule has 0 fully saturated rings. The van der Waals surface area contributed by atoms with Gasteiger partial charge in [-0.15, -0.1) is 0 Å². The second-order valence-corrected chi connectivity index (χ2v) is 5.75. The highest BCUT2D eigenvalue weighted by atomic mass is 35.5. The van der Waals surface area contributed by atoms with Gasteiger partial charge >= 0.3 is 0 Å². The predicted molar refractivity (Wildman–Crippen MR) is 95.2 cm³/mol. The van der Waals surface area contributed by atoms with Gasteiger partial charge in [-0.05, 0) is 24.3 Å². The summed E-state index contributed by atoms with van der Waals surface area (Å²) in [5, 5.41) is 11.3. The molecule has 2 aromatic rings. The zero-order valence-corrected chi connectivity index (χ0v) is 14.1. The highest BCUT2D eigenvalue weighted by molar-refractivity contribution is 6.32. The van der Waals surface area contributed by atoms with Gasteiger partial charge in [-0.1, -0.05) is 11.6 Å². The molecule has 25 heavy (non-hydrogen) atoms. The minimum Gasteiger partial charge on any atom is -0.495 e. The van der Waals surface area contributed by atoms with E-state index in [-0.39, 0.29) is 11.6 Å². The van der Waals surface area contributed by atoms with E-state index in [1.807, 2.05) is 0 Å². The molecule has 1 amide bonds. The van der Waals surface area contributed by atoms with Gasteiger partial charge in [0.2, 0.25) is 0 Å². The van der Waals surface area contributed by atoms with Crippen molar-refractivity contribution in [3.63, 3.8) is 0 Å². The summed E-state index contributed by atoms with van der Waals surface area (Å²) >= 11 is 6.11. The van der Waals surface area contributed by atoms with Crippen LogP contribution in [0.25, 0.3) is 0 Å². The van der Waals surface area contributed by atoms with Gasteiger partial charge in [-0.25, -0.2) is 0 Å². The summed E-state index contributed by atoms with van der Waals surface area (Å²) in [6.07, 6.45) is 1.55. The van der Waals surface area contributed by atoms with Crippen molar-refractivity contribution in [1.29, 1.82) is 0 Å². The molecule has 1 heterocycles. The molecular weight excluding hydrogens is 346 g/mol. The summed E-state index contributed by atoms with van der Waals surface area (Å²) in [4.78, 5) is 29.1. The van der Waals surface area contributed by atoms with Gasteiger partial charge in [0.05, 0.1) is 29.3 Å². The lowest BCUT2D eigenvalue weighted by atomic mass is 10.1. The molecule has 0 spiro atoms. The molecular formula is C17H14ClN3O4. The number of hydrogen-bond acceptors (Lipinski definition) is 5. The average molecular weight is 360 g/mol. The van der Waals surface area contributed by atoms with Crippen LogP contribution in [-0.2, 0) is 0 Å². The minimum atomic E-state index is -0.478. The topological polar surface area (TPSA) is 85.0 Å². The first kappa shape index (κ1) is 16.9. The first-order chi connectivity index (χ1) is 12.0. The number of rotatable bonds is 3. The van der Waals surface area contributed by atoms with Crippen LogP contribution in [0.5, 0.6) is 5.75 Å². The second-order valence-electron chi connectivity index (χ2n) is 5.34. The SMILES string of the molecule is COc1ccc(C(=O)N2CCN=Cc3cc([N+](=O)[O-])ccc32)cc1Cl. The number of nitro benzene ring substituents is 1. The van der Waals surface area contributed by atoms with E-state index in [0.717, 1.165) is 0 Å². The standard InChI is InChI=1S/C17H14ClN3O4/c1-25-16-5-2-11(9-14(16)18)17(22)20-7-6-19-10-12-8-13(21(23)24)3-4-15(12)20/h2-5,8-10H,6-7H2,1H3. The van der Waals surface area contributed by atoms with Crippen molar-refractivity contribution in [3.8, 4) is 5.75 Å². The number of anilines is 1. The number of nitro groups is 1. The number of amides is 1. The molecule has 1 aliphatic heterocycles. The summed E-state index contributed by atoms with van der Waals surface area (Å²) in [5.41, 5.74) is 1.45. The summed E-state index contributed by atoms with van der Waals surface area (Å²) in [7, 11) is 1.50. The molecule has 3 rings (SSSR count). The van der Waals surface area contributed by atoms with Crippen LogP contribution in [0.3, 0.4) is 0 Å². The molecule has 1 aliphatic rings. The number of hydrogen-bond donors (Lipinski definition) is 0. The van der Waals surface area contributed by atoms with Crippen LogP contribution in [-0.4, -0.2) is 37.2 Å². The Morgan fingerprint density at radius 1 is 1.32 bits per heavy atom. The second kappa shape index (κ2) is 6.90. The van der Waals surface area contributed by atoms with Gasteiger partial charge < -0.3 is 9.64 Å². The van der Waals surface area contributed by atoms with Gasteiger partial charge in [-0.3, -0.25) is 19.9 Å². The van der Waals surface area contributed by atoms with Crippen LogP contribution < -0.4 is 9.64 Å². The summed E-state index contributed by atoms with van der Waals surface area (Å²) < 4.78 is 5.10. The number of fused-ring (bicyclic) bond motifs is 1. The van der Waals surface area contributed by atoms with Gasteiger partial charge in [0.1, 0.15) is 5.75 Å². The molecule has 0 saturated carbocycles. The fourth-order valence-corrected chi connectivity index (χ4v) is 2.87. The maximum atomic E-state index is 12.9. The normalized spacial score (nSPS) is 13.1. The quantitative estimate of drug-likeness (QED) is 0.621. The van der Waals surface area contributed by atoms with Crippen molar-refractivity contribution >= 4 is 35.1 Å². The van der Waals surface area contributed by atoms with Crippen molar-refractivity contribution in [2.75, 3.05) is 25.1 Å². The third kappa shape index (κ3) is 3.32. The van der Waals surface area contributed by atoms with Crippen LogP contribution in [0.2, 0.25) is 5.02 Å². The van der Waals surface area contributed by atoms with Crippen LogP contribution in [0.1, 0.15) is 15.9 Å². The Hall–Kier alpha value is -2.93. The lowest BCUT2D eigenvalue weighted by molar-refractivity contribution is -0.384. The molecule has 2 aromatic carbocycles. The van der Waals surface area contributed by atoms with Crippen molar-refractivity contribution in [2.24, 2.45) is 4.99 Å². The number of aliphatic imine (C=N–C) groups is 1. The summed E-state index contributed by atoms with van der Waals surface area (Å²) in [6.45, 7) is 0.766. The molecule has 128 valence electrons. The number of halogens is 1. The Kier molecular flexibility index (Phi) is 4.67. The fraction of sp³-hybridized carbons (Fsp3) is 0.176. The molecule has 0 aromatic heterocycles. The number of benzene rings is 2. The Morgan fingerprint density at radius 3 is 2.80 bits per heavy atom. The maximum Gasteiger partial charge on any atom is 0.270 e. The molecule has 0 saturated heterocycles. The summed E-state index contributed by atoms with van der Waals surface area (Å²) in [5.74, 6) is 0.221. The van der Waals surface area contributed by atoms with Crippen molar-refractivity contribution < 1.29 is 14.5 Å². The number of carbonyl (C=O) groups excluding carboxylic acids is 1. The van der Waals surface area contributed by atoms with Gasteiger partial charge in [0, 0.05) is 36.0 Å². The van der Waals surface area contributed by atoms with E-state index in [2.05, 4.69) is 4.99 Å². The maximum absolute atomic E-state index is 12.9. The van der Waals surface area contributed by atoms with Crippen LogP contribution in [0.15, 0.2) is 41.4 Å². The molecule has 0 N–H and O–H groups in total. The zero-order valence-electron chi connectivity index (χ0n) is 13.3. The van der Waals surface area contributed by atoms with E-state index < -0.39 is 4.92 Å². The third-order valence-electron chi connectivity index (χ3n) is 3.84. The van der Waals surface area contributed by atoms with Crippen LogP contribution in [0.4, 0.5) is 11.4 Å². The fourth-order valence-electron chi connectivity index (χ4n) is 2.61. The van der Waals surface area contributed by atoms with Crippen LogP contribution in [0, 0.1) is 10.1 Å². The van der Waals surface area contributed by atoms with E-state index >= 15 is 0 Å². The number of benzodiazepines with no additional fused rings is 1. The average Bonchev–Trinajstić information content (AvgIpc) is 2.82. The monoisotopic (exact) mass is 359 g/mol.